The maximum Gasteiger partial charge on any atom is 0.433 e. The number of anilines is 1. The smallest absolute Gasteiger partial charge is 0.433 e. The van der Waals surface area contributed by atoms with Gasteiger partial charge >= 0.3 is 12.1 Å². The van der Waals surface area contributed by atoms with Gasteiger partial charge in [0, 0.05) is 34.9 Å². The Bertz CT molecular complexity index is 1290. The number of alkyl halides is 3. The van der Waals surface area contributed by atoms with Crippen LogP contribution in [-0.4, -0.2) is 21.3 Å². The van der Waals surface area contributed by atoms with Crippen LogP contribution in [0.15, 0.2) is 76.6 Å². The monoisotopic (exact) mass is 454 g/mol. The Hall–Kier alpha value is -4.28. The van der Waals surface area contributed by atoms with Crippen molar-refractivity contribution < 1.29 is 27.5 Å². The number of pyridine rings is 2. The van der Waals surface area contributed by atoms with Crippen molar-refractivity contribution >= 4 is 17.6 Å². The molecule has 3 aromatic heterocycles. The summed E-state index contributed by atoms with van der Waals surface area (Å²) < 4.78 is 44.7. The van der Waals surface area contributed by atoms with Crippen molar-refractivity contribution in [3.05, 3.63) is 84.1 Å². The normalized spacial score (nSPS) is 12.1. The number of amidine groups is 1. The van der Waals surface area contributed by atoms with Crippen LogP contribution >= 0.6 is 0 Å². The molecule has 0 aliphatic rings. The van der Waals surface area contributed by atoms with E-state index in [1.54, 1.807) is 6.20 Å². The van der Waals surface area contributed by atoms with Crippen molar-refractivity contribution in [3.8, 4) is 11.1 Å². The van der Waals surface area contributed by atoms with Crippen LogP contribution in [0.2, 0.25) is 0 Å². The summed E-state index contributed by atoms with van der Waals surface area (Å²) in [6.07, 6.45) is -0.522. The molecule has 3 heterocycles. The summed E-state index contributed by atoms with van der Waals surface area (Å²) in [7, 11) is 0. The molecule has 0 aliphatic carbocycles. The Balaban J connectivity index is 1.42. The fraction of sp³-hybridized carbons (Fsp3) is 0.136. The lowest BCUT2D eigenvalue weighted by Gasteiger charge is -2.13. The topological polar surface area (TPSA) is 103 Å². The number of aliphatic imine (C=N–C) groups is 1. The van der Waals surface area contributed by atoms with E-state index in [-0.39, 0.29) is 11.6 Å². The van der Waals surface area contributed by atoms with Crippen molar-refractivity contribution in [1.82, 2.24) is 15.2 Å². The van der Waals surface area contributed by atoms with E-state index < -0.39 is 17.9 Å². The predicted octanol–water partition coefficient (Wildman–Crippen LogP) is 3.25. The molecule has 0 amide bonds. The van der Waals surface area contributed by atoms with Crippen molar-refractivity contribution in [2.45, 2.75) is 19.6 Å². The Morgan fingerprint density at radius 1 is 1.12 bits per heavy atom. The van der Waals surface area contributed by atoms with E-state index in [1.165, 1.54) is 16.9 Å². The molecule has 4 rings (SSSR count). The van der Waals surface area contributed by atoms with E-state index in [4.69, 9.17) is 4.52 Å². The Kier molecular flexibility index (Phi) is 6.03. The van der Waals surface area contributed by atoms with Gasteiger partial charge in [-0.05, 0) is 35.4 Å². The van der Waals surface area contributed by atoms with E-state index in [0.717, 1.165) is 28.6 Å². The highest BCUT2D eigenvalue weighted by Gasteiger charge is 2.32. The van der Waals surface area contributed by atoms with Gasteiger partial charge in [-0.2, -0.15) is 13.2 Å². The first-order valence-corrected chi connectivity index (χ1v) is 9.71. The molecule has 168 valence electrons. The van der Waals surface area contributed by atoms with Gasteiger partial charge in [0.15, 0.2) is 0 Å². The van der Waals surface area contributed by atoms with E-state index in [2.05, 4.69) is 25.5 Å². The summed E-state index contributed by atoms with van der Waals surface area (Å²) in [4.78, 5) is 11.2. The molecule has 0 spiro atoms. The van der Waals surface area contributed by atoms with Gasteiger partial charge in [0.25, 0.3) is 6.20 Å². The molecule has 8 nitrogen and oxygen atoms in total. The van der Waals surface area contributed by atoms with Crippen LogP contribution in [0.3, 0.4) is 0 Å². The summed E-state index contributed by atoms with van der Waals surface area (Å²) in [5, 5.41) is 18.1. The summed E-state index contributed by atoms with van der Waals surface area (Å²) in [6.45, 7) is 2.31. The van der Waals surface area contributed by atoms with Crippen molar-refractivity contribution in [2.24, 2.45) is 4.99 Å². The molecule has 0 radical (unpaired) electrons. The van der Waals surface area contributed by atoms with Crippen molar-refractivity contribution in [1.29, 1.82) is 0 Å². The van der Waals surface area contributed by atoms with Crippen molar-refractivity contribution in [3.63, 3.8) is 0 Å². The standard InChI is InChI=1S/C22H17F3N6O2/c1-14-18(3-2-9-26-14)16-6-4-15(5-7-16)12-31-13-20(33-30-31)29-21(32)28-17-8-10-27-19(11-17)22(23,24)25/h2-11,13H,12H2,1H3,(H-,27,28,29,30,32). The van der Waals surface area contributed by atoms with E-state index in [9.17, 15) is 18.3 Å². The zero-order chi connectivity index (χ0) is 23.4. The maximum atomic E-state index is 12.7. The van der Waals surface area contributed by atoms with Gasteiger partial charge in [0.2, 0.25) is 11.8 Å². The number of rotatable bonds is 5. The first kappa shape index (κ1) is 21.9. The largest absolute Gasteiger partial charge is 0.846 e. The molecule has 1 aromatic carbocycles. The second-order valence-electron chi connectivity index (χ2n) is 7.04. The summed E-state index contributed by atoms with van der Waals surface area (Å²) in [5.74, 6) is -0.0970. The van der Waals surface area contributed by atoms with E-state index in [1.807, 2.05) is 43.3 Å². The molecule has 0 atom stereocenters. The highest BCUT2D eigenvalue weighted by Crippen LogP contribution is 2.28. The minimum absolute atomic E-state index is 0.0950. The summed E-state index contributed by atoms with van der Waals surface area (Å²) in [5.41, 5.74) is 2.73. The van der Waals surface area contributed by atoms with Crippen LogP contribution in [0, 0.1) is 6.92 Å². The van der Waals surface area contributed by atoms with Gasteiger partial charge < -0.3 is 10.4 Å². The summed E-state index contributed by atoms with van der Waals surface area (Å²) in [6, 6.07) is 12.7. The zero-order valence-electron chi connectivity index (χ0n) is 17.2. The molecular formula is C22H17F3N6O2. The second kappa shape index (κ2) is 9.07. The SMILES string of the molecule is Cc1ncccc1-c1ccc(C[n+]2cc(N=C([O-])Nc3ccnc(C(F)(F)F)c3)on2)cc1. The molecule has 11 heteroatoms. The quantitative estimate of drug-likeness (QED) is 0.282. The lowest BCUT2D eigenvalue weighted by Crippen LogP contribution is -2.35. The van der Waals surface area contributed by atoms with Crippen LogP contribution < -0.4 is 15.1 Å². The van der Waals surface area contributed by atoms with Gasteiger partial charge in [-0.25, -0.2) is 4.99 Å². The second-order valence-corrected chi connectivity index (χ2v) is 7.04. The number of aromatic nitrogens is 4. The lowest BCUT2D eigenvalue weighted by atomic mass is 10.0. The molecule has 0 bridgehead atoms. The number of aryl methyl sites for hydroxylation is 1. The number of halogens is 3. The first-order chi connectivity index (χ1) is 15.8. The average molecular weight is 454 g/mol. The average Bonchev–Trinajstić information content (AvgIpc) is 3.21. The number of nitrogens with one attached hydrogen (secondary N) is 1. The molecular weight excluding hydrogens is 437 g/mol. The fourth-order valence-corrected chi connectivity index (χ4v) is 3.07. The van der Waals surface area contributed by atoms with Crippen molar-refractivity contribution in [2.75, 3.05) is 5.32 Å². The van der Waals surface area contributed by atoms with Gasteiger partial charge in [0.05, 0.1) is 6.02 Å². The van der Waals surface area contributed by atoms with Crippen LogP contribution in [-0.2, 0) is 12.7 Å². The Morgan fingerprint density at radius 3 is 2.64 bits per heavy atom. The van der Waals surface area contributed by atoms with Crippen LogP contribution in [0.4, 0.5) is 24.7 Å². The molecule has 0 fully saturated rings. The van der Waals surface area contributed by atoms with Crippen LogP contribution in [0.5, 0.6) is 0 Å². The zero-order valence-corrected chi connectivity index (χ0v) is 17.2. The lowest BCUT2D eigenvalue weighted by molar-refractivity contribution is -0.754. The molecule has 0 aliphatic heterocycles. The Morgan fingerprint density at radius 2 is 1.91 bits per heavy atom. The molecule has 0 saturated carbocycles. The molecule has 1 N–H and O–H groups in total. The van der Waals surface area contributed by atoms with Crippen LogP contribution in [0.1, 0.15) is 17.0 Å². The number of nitrogens with zero attached hydrogens (tertiary/aromatic N) is 5. The van der Waals surface area contributed by atoms with Gasteiger partial charge in [-0.15, -0.1) is 0 Å². The van der Waals surface area contributed by atoms with Gasteiger partial charge in [0.1, 0.15) is 5.69 Å². The highest BCUT2D eigenvalue weighted by molar-refractivity contribution is 5.86. The van der Waals surface area contributed by atoms with Gasteiger partial charge in [-0.1, -0.05) is 30.3 Å². The van der Waals surface area contributed by atoms with E-state index in [0.29, 0.717) is 12.6 Å². The molecule has 0 unspecified atom stereocenters. The van der Waals surface area contributed by atoms with E-state index >= 15 is 0 Å². The van der Waals surface area contributed by atoms with Gasteiger partial charge in [-0.3, -0.25) is 14.5 Å². The number of hydrogen-bond acceptors (Lipinski definition) is 6. The third kappa shape index (κ3) is 5.50. The minimum atomic E-state index is -4.62. The molecule has 0 saturated heterocycles. The number of benzene rings is 1. The highest BCUT2D eigenvalue weighted by atomic mass is 19.4. The minimum Gasteiger partial charge on any atom is -0.846 e. The summed E-state index contributed by atoms with van der Waals surface area (Å²) >= 11 is 0. The fourth-order valence-electron chi connectivity index (χ4n) is 3.07. The molecule has 4 aromatic rings. The first-order valence-electron chi connectivity index (χ1n) is 9.71. The van der Waals surface area contributed by atoms with Crippen LogP contribution in [0.25, 0.3) is 11.1 Å². The molecule has 33 heavy (non-hydrogen) atoms. The predicted molar refractivity (Wildman–Crippen MR) is 110 cm³/mol. The third-order valence-corrected chi connectivity index (χ3v) is 4.63. The number of hydrogen-bond donors (Lipinski definition) is 1. The maximum absolute atomic E-state index is 12.7. The Labute approximate surface area is 186 Å². The third-order valence-electron chi connectivity index (χ3n) is 4.63.